The molecule has 22 heavy (non-hydrogen) atoms. The van der Waals surface area contributed by atoms with E-state index in [9.17, 15) is 0 Å². The summed E-state index contributed by atoms with van der Waals surface area (Å²) < 4.78 is 0. The molecule has 0 aliphatic carbocycles. The predicted octanol–water partition coefficient (Wildman–Crippen LogP) is 2.88. The van der Waals surface area contributed by atoms with Crippen molar-refractivity contribution < 1.29 is 0 Å². The van der Waals surface area contributed by atoms with Crippen molar-refractivity contribution in [2.24, 2.45) is 16.6 Å². The average molecular weight is 302 g/mol. The van der Waals surface area contributed by atoms with E-state index >= 15 is 0 Å². The Labute approximate surface area is 134 Å². The Bertz CT molecular complexity index is 488. The van der Waals surface area contributed by atoms with E-state index in [-0.39, 0.29) is 0 Å². The molecule has 0 amide bonds. The first-order valence-corrected chi connectivity index (χ1v) is 8.50. The van der Waals surface area contributed by atoms with Crippen LogP contribution in [-0.4, -0.2) is 37.5 Å². The number of piperidine rings is 1. The Balaban J connectivity index is 2.01. The lowest BCUT2D eigenvalue weighted by atomic mass is 9.99. The fourth-order valence-corrected chi connectivity index (χ4v) is 3.22. The molecule has 3 N–H and O–H groups in total. The molecule has 1 saturated heterocycles. The van der Waals surface area contributed by atoms with Crippen molar-refractivity contribution in [3.63, 3.8) is 0 Å². The van der Waals surface area contributed by atoms with E-state index in [0.717, 1.165) is 31.6 Å². The summed E-state index contributed by atoms with van der Waals surface area (Å²) in [6, 6.07) is 6.43. The molecule has 0 spiro atoms. The Hall–Kier alpha value is -1.55. The molecule has 1 aromatic carbocycles. The third-order valence-corrected chi connectivity index (χ3v) is 4.49. The van der Waals surface area contributed by atoms with E-state index in [2.05, 4.69) is 54.3 Å². The Morgan fingerprint density at radius 2 is 2.00 bits per heavy atom. The highest BCUT2D eigenvalue weighted by atomic mass is 15.1. The number of anilines is 1. The molecule has 1 unspecified atom stereocenters. The van der Waals surface area contributed by atoms with Gasteiger partial charge in [0.05, 0.1) is 0 Å². The van der Waals surface area contributed by atoms with Gasteiger partial charge in [0.15, 0.2) is 5.96 Å². The largest absolute Gasteiger partial charge is 0.370 e. The molecule has 1 aromatic rings. The van der Waals surface area contributed by atoms with Crippen LogP contribution in [0.5, 0.6) is 0 Å². The van der Waals surface area contributed by atoms with Gasteiger partial charge in [-0.15, -0.1) is 0 Å². The smallest absolute Gasteiger partial charge is 0.193 e. The summed E-state index contributed by atoms with van der Waals surface area (Å²) in [6.07, 6.45) is 4.52. The van der Waals surface area contributed by atoms with Crippen molar-refractivity contribution in [3.05, 3.63) is 29.3 Å². The lowest BCUT2D eigenvalue weighted by Crippen LogP contribution is -2.34. The lowest BCUT2D eigenvalue weighted by Gasteiger charge is -2.28. The van der Waals surface area contributed by atoms with Crippen molar-refractivity contribution in [3.8, 4) is 0 Å². The molecule has 1 heterocycles. The monoisotopic (exact) mass is 302 g/mol. The van der Waals surface area contributed by atoms with Gasteiger partial charge in [0.25, 0.3) is 0 Å². The first-order valence-electron chi connectivity index (χ1n) is 8.50. The van der Waals surface area contributed by atoms with Gasteiger partial charge in [-0.3, -0.25) is 4.99 Å². The number of hydrogen-bond acceptors (Lipinski definition) is 2. The highest BCUT2D eigenvalue weighted by molar-refractivity contribution is 5.93. The first-order chi connectivity index (χ1) is 10.6. The number of nitrogens with zero attached hydrogens (tertiary/aromatic N) is 2. The van der Waals surface area contributed by atoms with Crippen LogP contribution in [0.15, 0.2) is 23.2 Å². The van der Waals surface area contributed by atoms with Crippen LogP contribution in [0.4, 0.5) is 5.69 Å². The zero-order chi connectivity index (χ0) is 15.9. The molecule has 0 bridgehead atoms. The van der Waals surface area contributed by atoms with Crippen molar-refractivity contribution in [2.45, 2.75) is 39.5 Å². The number of likely N-dealkylation sites (tertiary alicyclic amines) is 1. The van der Waals surface area contributed by atoms with Gasteiger partial charge in [0, 0.05) is 18.8 Å². The zero-order valence-corrected chi connectivity index (χ0v) is 14.2. The van der Waals surface area contributed by atoms with Gasteiger partial charge in [-0.2, -0.15) is 0 Å². The van der Waals surface area contributed by atoms with Gasteiger partial charge in [-0.25, -0.2) is 0 Å². The normalized spacial score (nSPS) is 20.1. The second-order valence-electron chi connectivity index (χ2n) is 6.28. The maximum Gasteiger partial charge on any atom is 0.193 e. The minimum atomic E-state index is 0.545. The number of nitrogens with one attached hydrogen (secondary N) is 1. The number of aliphatic imine (C=N–C) groups is 1. The van der Waals surface area contributed by atoms with Gasteiger partial charge in [-0.1, -0.05) is 32.0 Å². The molecule has 122 valence electrons. The van der Waals surface area contributed by atoms with Crippen molar-refractivity contribution in [2.75, 3.05) is 32.0 Å². The minimum Gasteiger partial charge on any atom is -0.370 e. The molecule has 1 aliphatic heterocycles. The summed E-state index contributed by atoms with van der Waals surface area (Å²) in [4.78, 5) is 6.97. The van der Waals surface area contributed by atoms with Crippen LogP contribution in [0.1, 0.15) is 37.8 Å². The van der Waals surface area contributed by atoms with E-state index in [0.29, 0.717) is 11.9 Å². The Morgan fingerprint density at radius 1 is 1.32 bits per heavy atom. The fourth-order valence-electron chi connectivity index (χ4n) is 3.22. The third-order valence-electron chi connectivity index (χ3n) is 4.49. The molecule has 0 radical (unpaired) electrons. The predicted molar refractivity (Wildman–Crippen MR) is 95.5 cm³/mol. The summed E-state index contributed by atoms with van der Waals surface area (Å²) in [6.45, 7) is 7.50. The van der Waals surface area contributed by atoms with Gasteiger partial charge in [0.2, 0.25) is 0 Å². The number of aryl methyl sites for hydroxylation is 2. The van der Waals surface area contributed by atoms with Gasteiger partial charge in [-0.05, 0) is 56.3 Å². The number of rotatable bonds is 5. The summed E-state index contributed by atoms with van der Waals surface area (Å²) in [5, 5.41) is 3.35. The Kier molecular flexibility index (Phi) is 6.25. The standard InChI is InChI=1S/C18H30N4/c1-4-15-9-6-10-16(5-2)17(15)21-18(19)20-12-14-8-7-11-22(3)13-14/h6,9-10,14H,4-5,7-8,11-13H2,1-3H3,(H3,19,20,21). The number of nitrogens with two attached hydrogens (primary N) is 1. The summed E-state index contributed by atoms with van der Waals surface area (Å²) in [5.74, 6) is 1.18. The molecular weight excluding hydrogens is 272 g/mol. The van der Waals surface area contributed by atoms with Crippen LogP contribution in [0.2, 0.25) is 0 Å². The summed E-state index contributed by atoms with van der Waals surface area (Å²) in [7, 11) is 2.18. The second-order valence-corrected chi connectivity index (χ2v) is 6.28. The quantitative estimate of drug-likeness (QED) is 0.649. The minimum absolute atomic E-state index is 0.545. The topological polar surface area (TPSA) is 53.6 Å². The van der Waals surface area contributed by atoms with E-state index in [1.54, 1.807) is 0 Å². The molecule has 4 nitrogen and oxygen atoms in total. The van der Waals surface area contributed by atoms with Crippen molar-refractivity contribution >= 4 is 11.6 Å². The molecule has 1 fully saturated rings. The number of hydrogen-bond donors (Lipinski definition) is 2. The van der Waals surface area contributed by atoms with Crippen LogP contribution in [-0.2, 0) is 12.8 Å². The maximum absolute atomic E-state index is 6.13. The number of para-hydroxylation sites is 1. The maximum atomic E-state index is 6.13. The Morgan fingerprint density at radius 3 is 2.59 bits per heavy atom. The number of guanidine groups is 1. The molecule has 0 saturated carbocycles. The molecular formula is C18H30N4. The van der Waals surface area contributed by atoms with E-state index in [4.69, 9.17) is 5.73 Å². The van der Waals surface area contributed by atoms with E-state index in [1.807, 2.05) is 0 Å². The van der Waals surface area contributed by atoms with Gasteiger partial charge < -0.3 is 16.0 Å². The van der Waals surface area contributed by atoms with E-state index in [1.165, 1.54) is 30.5 Å². The molecule has 1 atom stereocenters. The van der Waals surface area contributed by atoms with Gasteiger partial charge >= 0.3 is 0 Å². The van der Waals surface area contributed by atoms with Crippen LogP contribution >= 0.6 is 0 Å². The molecule has 4 heteroatoms. The summed E-state index contributed by atoms with van der Waals surface area (Å²) in [5.41, 5.74) is 9.88. The fraction of sp³-hybridized carbons (Fsp3) is 0.611. The van der Waals surface area contributed by atoms with Crippen LogP contribution in [0.3, 0.4) is 0 Å². The second kappa shape index (κ2) is 8.18. The third kappa shape index (κ3) is 4.47. The first kappa shape index (κ1) is 16.8. The highest BCUT2D eigenvalue weighted by Crippen LogP contribution is 2.22. The van der Waals surface area contributed by atoms with Crippen LogP contribution < -0.4 is 11.1 Å². The zero-order valence-electron chi connectivity index (χ0n) is 14.2. The summed E-state index contributed by atoms with van der Waals surface area (Å²) >= 11 is 0. The number of benzene rings is 1. The lowest BCUT2D eigenvalue weighted by molar-refractivity contribution is 0.214. The van der Waals surface area contributed by atoms with Crippen molar-refractivity contribution in [1.29, 1.82) is 0 Å². The molecule has 0 aromatic heterocycles. The van der Waals surface area contributed by atoms with Gasteiger partial charge in [0.1, 0.15) is 0 Å². The molecule has 1 aliphatic rings. The average Bonchev–Trinajstić information content (AvgIpc) is 2.53. The molecule has 2 rings (SSSR count). The SMILES string of the molecule is CCc1cccc(CC)c1NC(N)=NCC1CCCN(C)C1. The highest BCUT2D eigenvalue weighted by Gasteiger charge is 2.16. The van der Waals surface area contributed by atoms with Crippen LogP contribution in [0, 0.1) is 5.92 Å². The van der Waals surface area contributed by atoms with Crippen molar-refractivity contribution in [1.82, 2.24) is 4.90 Å². The van der Waals surface area contributed by atoms with Crippen LogP contribution in [0.25, 0.3) is 0 Å². The van der Waals surface area contributed by atoms with E-state index < -0.39 is 0 Å².